The fourth-order valence-electron chi connectivity index (χ4n) is 1.92. The molecule has 1 heterocycles. The maximum atomic E-state index is 11.5. The van der Waals surface area contributed by atoms with Crippen LogP contribution in [0.5, 0.6) is 0 Å². The molecule has 0 aromatic heterocycles. The number of hydrogen-bond donors (Lipinski definition) is 1. The molecule has 6 heteroatoms. The van der Waals surface area contributed by atoms with Gasteiger partial charge in [-0.3, -0.25) is 14.3 Å². The van der Waals surface area contributed by atoms with Gasteiger partial charge in [0.25, 0.3) is 0 Å². The monoisotopic (exact) mass is 332 g/mol. The van der Waals surface area contributed by atoms with Crippen molar-refractivity contribution in [2.45, 2.75) is 52.7 Å². The first-order valence-corrected chi connectivity index (χ1v) is 9.12. The molecule has 5 nitrogen and oxygen atoms in total. The molecule has 0 radical (unpaired) electrons. The molecular formula is C16H32N2O3S. The second-order valence-electron chi connectivity index (χ2n) is 5.53. The molecule has 0 unspecified atom stereocenters. The van der Waals surface area contributed by atoms with Crippen molar-refractivity contribution in [1.82, 2.24) is 9.62 Å². The van der Waals surface area contributed by atoms with Crippen LogP contribution in [0.2, 0.25) is 0 Å². The lowest BCUT2D eigenvalue weighted by molar-refractivity contribution is -0.122. The Balaban J connectivity index is 0.00000211. The summed E-state index contributed by atoms with van der Waals surface area (Å²) in [6.07, 6.45) is 2.16. The molecule has 1 N–H and O–H groups in total. The van der Waals surface area contributed by atoms with Crippen LogP contribution in [0.1, 0.15) is 47.5 Å². The van der Waals surface area contributed by atoms with Gasteiger partial charge in [0.05, 0.1) is 6.61 Å². The number of rotatable bonds is 8. The van der Waals surface area contributed by atoms with Crippen molar-refractivity contribution in [3.8, 4) is 0 Å². The zero-order valence-corrected chi connectivity index (χ0v) is 15.5. The third-order valence-corrected chi connectivity index (χ3v) is 4.37. The summed E-state index contributed by atoms with van der Waals surface area (Å²) in [4.78, 5) is 24.6. The molecule has 1 aliphatic rings. The van der Waals surface area contributed by atoms with Crippen molar-refractivity contribution >= 4 is 23.6 Å². The topological polar surface area (TPSA) is 58.6 Å². The third-order valence-electron chi connectivity index (χ3n) is 3.24. The van der Waals surface area contributed by atoms with Gasteiger partial charge < -0.3 is 9.64 Å². The Labute approximate surface area is 139 Å². The van der Waals surface area contributed by atoms with Gasteiger partial charge >= 0.3 is 0 Å². The van der Waals surface area contributed by atoms with Gasteiger partial charge in [0.2, 0.25) is 5.91 Å². The number of Topliss-reactive ketones (excluding diaryl/α,β-unsaturated/α-hetero) is 1. The third kappa shape index (κ3) is 10.2. The summed E-state index contributed by atoms with van der Waals surface area (Å²) in [6.45, 7) is 13.1. The highest BCUT2D eigenvalue weighted by Crippen LogP contribution is 2.21. The van der Waals surface area contributed by atoms with E-state index in [1.54, 1.807) is 11.9 Å². The Bertz CT molecular complexity index is 317. The summed E-state index contributed by atoms with van der Waals surface area (Å²) in [7, 11) is 0. The number of nitrogens with one attached hydrogen (secondary N) is 1. The molecule has 130 valence electrons. The van der Waals surface area contributed by atoms with Gasteiger partial charge in [-0.25, -0.2) is 0 Å². The van der Waals surface area contributed by atoms with Crippen LogP contribution >= 0.6 is 11.9 Å². The van der Waals surface area contributed by atoms with Crippen LogP contribution < -0.4 is 4.72 Å². The quantitative estimate of drug-likeness (QED) is 0.547. The summed E-state index contributed by atoms with van der Waals surface area (Å²) in [5.41, 5.74) is 0. The van der Waals surface area contributed by atoms with Crippen LogP contribution in [0.15, 0.2) is 0 Å². The first-order valence-electron chi connectivity index (χ1n) is 8.24. The second-order valence-corrected chi connectivity index (χ2v) is 6.64. The molecule has 22 heavy (non-hydrogen) atoms. The minimum Gasteiger partial charge on any atom is -0.372 e. The lowest BCUT2D eigenvalue weighted by Gasteiger charge is -2.31. The van der Waals surface area contributed by atoms with Crippen LogP contribution in [-0.4, -0.2) is 54.7 Å². The predicted octanol–water partition coefficient (Wildman–Crippen LogP) is 2.50. The molecule has 0 saturated carbocycles. The average molecular weight is 333 g/mol. The summed E-state index contributed by atoms with van der Waals surface area (Å²) >= 11 is 1.57. The van der Waals surface area contributed by atoms with E-state index in [0.717, 1.165) is 32.5 Å². The summed E-state index contributed by atoms with van der Waals surface area (Å²) in [5.74, 6) is 0.220. The minimum absolute atomic E-state index is 0.0426. The molecule has 0 aliphatic carbocycles. The molecule has 0 spiro atoms. The Kier molecular flexibility index (Phi) is 12.6. The van der Waals surface area contributed by atoms with Crippen molar-refractivity contribution in [2.75, 3.05) is 32.8 Å². The number of hydrogen-bond acceptors (Lipinski definition) is 5. The fourth-order valence-corrected chi connectivity index (χ4v) is 2.88. The zero-order valence-electron chi connectivity index (χ0n) is 14.7. The first kappa shape index (κ1) is 21.4. The highest BCUT2D eigenvalue weighted by Gasteiger charge is 2.20. The number of piperidine rings is 1. The van der Waals surface area contributed by atoms with Crippen molar-refractivity contribution < 1.29 is 14.3 Å². The number of ether oxygens (including phenoxy) is 1. The average Bonchev–Trinajstić information content (AvgIpc) is 2.52. The van der Waals surface area contributed by atoms with Crippen LogP contribution in [-0.2, 0) is 14.3 Å². The van der Waals surface area contributed by atoms with Gasteiger partial charge in [-0.05, 0) is 44.8 Å². The number of carbonyl (C=O) groups is 2. The molecule has 1 amide bonds. The van der Waals surface area contributed by atoms with Crippen molar-refractivity contribution in [3.05, 3.63) is 0 Å². The highest BCUT2D eigenvalue weighted by atomic mass is 32.2. The van der Waals surface area contributed by atoms with E-state index in [9.17, 15) is 9.59 Å². The number of carbonyl (C=O) groups excluding carboxylic acids is 2. The van der Waals surface area contributed by atoms with Crippen LogP contribution in [0.4, 0.5) is 0 Å². The molecule has 1 fully saturated rings. The maximum Gasteiger partial charge on any atom is 0.232 e. The summed E-state index contributed by atoms with van der Waals surface area (Å²) < 4.78 is 8.20. The number of nitrogens with zero attached hydrogens (tertiary/aromatic N) is 1. The number of ketones is 1. The van der Waals surface area contributed by atoms with Gasteiger partial charge in [0.1, 0.15) is 6.61 Å². The minimum atomic E-state index is 0.0426. The van der Waals surface area contributed by atoms with E-state index >= 15 is 0 Å². The van der Waals surface area contributed by atoms with Crippen molar-refractivity contribution in [1.29, 1.82) is 0 Å². The molecule has 1 saturated heterocycles. The van der Waals surface area contributed by atoms with Gasteiger partial charge in [-0.2, -0.15) is 0 Å². The Morgan fingerprint density at radius 3 is 2.36 bits per heavy atom. The zero-order chi connectivity index (χ0) is 17.0. The Hall–Kier alpha value is -0.590. The first-order chi connectivity index (χ1) is 10.5. The van der Waals surface area contributed by atoms with Gasteiger partial charge in [0.15, 0.2) is 5.78 Å². The van der Waals surface area contributed by atoms with Crippen molar-refractivity contribution in [2.24, 2.45) is 5.92 Å². The molecule has 0 aromatic carbocycles. The van der Waals surface area contributed by atoms with Gasteiger partial charge in [-0.1, -0.05) is 27.7 Å². The number of amides is 1. The normalized spacial score (nSPS) is 16.1. The molecule has 1 aliphatic heterocycles. The standard InChI is InChI=1S/C14H26N2O3S.C2H6/c1-11(2)14(18)15-20-13-4-6-16(7-5-13)8-9-19-10-12(3)17;1-2/h11,13H,4-10H2,1-3H3,(H,15,18);1-2H3. The fraction of sp³-hybridized carbons (Fsp3) is 0.875. The van der Waals surface area contributed by atoms with E-state index in [1.807, 2.05) is 27.7 Å². The lowest BCUT2D eigenvalue weighted by Crippen LogP contribution is -2.38. The van der Waals surface area contributed by atoms with E-state index in [-0.39, 0.29) is 24.2 Å². The molecular weight excluding hydrogens is 300 g/mol. The Morgan fingerprint density at radius 2 is 1.86 bits per heavy atom. The van der Waals surface area contributed by atoms with Crippen LogP contribution in [0.25, 0.3) is 0 Å². The number of likely N-dealkylation sites (tertiary alicyclic amines) is 1. The van der Waals surface area contributed by atoms with E-state index in [0.29, 0.717) is 11.9 Å². The SMILES string of the molecule is CC.CC(=O)COCCN1CCC(SNC(=O)C(C)C)CC1. The highest BCUT2D eigenvalue weighted by molar-refractivity contribution is 7.98. The smallest absolute Gasteiger partial charge is 0.232 e. The molecule has 0 atom stereocenters. The second kappa shape index (κ2) is 12.9. The van der Waals surface area contributed by atoms with E-state index in [1.165, 1.54) is 6.92 Å². The summed E-state index contributed by atoms with van der Waals surface area (Å²) in [5, 5.41) is 0.507. The van der Waals surface area contributed by atoms with E-state index < -0.39 is 0 Å². The molecule has 1 rings (SSSR count). The molecule has 0 bridgehead atoms. The van der Waals surface area contributed by atoms with E-state index in [4.69, 9.17) is 4.74 Å². The van der Waals surface area contributed by atoms with Crippen LogP contribution in [0.3, 0.4) is 0 Å². The van der Waals surface area contributed by atoms with Gasteiger partial charge in [-0.15, -0.1) is 0 Å². The molecule has 0 aromatic rings. The lowest BCUT2D eigenvalue weighted by atomic mass is 10.1. The van der Waals surface area contributed by atoms with Gasteiger partial charge in [0, 0.05) is 17.7 Å². The maximum absolute atomic E-state index is 11.5. The predicted molar refractivity (Wildman–Crippen MR) is 92.9 cm³/mol. The van der Waals surface area contributed by atoms with Crippen LogP contribution in [0, 0.1) is 5.92 Å². The summed E-state index contributed by atoms with van der Waals surface area (Å²) in [6, 6.07) is 0. The van der Waals surface area contributed by atoms with E-state index in [2.05, 4.69) is 9.62 Å². The largest absolute Gasteiger partial charge is 0.372 e. The van der Waals surface area contributed by atoms with Crippen molar-refractivity contribution in [3.63, 3.8) is 0 Å². The Morgan fingerprint density at radius 1 is 1.27 bits per heavy atom.